The average Bonchev–Trinajstić information content (AvgIpc) is 2.30. The minimum Gasteiger partial charge on any atom is -0.263 e. The van der Waals surface area contributed by atoms with Crippen molar-refractivity contribution in [3.8, 4) is 0 Å². The first kappa shape index (κ1) is 21.1. The van der Waals surface area contributed by atoms with Gasteiger partial charge in [0.2, 0.25) is 0 Å². The third-order valence-corrected chi connectivity index (χ3v) is 5.27. The van der Waals surface area contributed by atoms with Crippen LogP contribution in [0.2, 0.25) is 19.0 Å². The second kappa shape index (κ2) is 12.8. The van der Waals surface area contributed by atoms with Crippen molar-refractivity contribution in [3.05, 3.63) is 0 Å². The van der Waals surface area contributed by atoms with E-state index in [1.807, 2.05) is 6.26 Å². The molecule has 1 nitrogen and oxygen atoms in total. The third-order valence-electron chi connectivity index (χ3n) is 4.10. The van der Waals surface area contributed by atoms with Crippen LogP contribution in [0.15, 0.2) is 0 Å². The summed E-state index contributed by atoms with van der Waals surface area (Å²) in [6, 6.07) is 0. The molecule has 0 radical (unpaired) electrons. The topological polar surface area (TPSA) is 17.1 Å². The maximum Gasteiger partial charge on any atom is 1.00 e. The Morgan fingerprint density at radius 3 is 1.39 bits per heavy atom. The molecule has 0 amide bonds. The molecule has 0 saturated carbocycles. The Hall–Kier alpha value is 0.812. The molecule has 0 heterocycles. The molecule has 1 atom stereocenters. The summed E-state index contributed by atoms with van der Waals surface area (Å²) in [4.78, 5) is 0. The molecule has 4 heteroatoms. The number of rotatable bonds is 11. The zero-order valence-electron chi connectivity index (χ0n) is 13.5. The van der Waals surface area contributed by atoms with Gasteiger partial charge in [-0.25, -0.2) is 0 Å². The molecule has 0 bridgehead atoms. The molecule has 0 aromatic heterocycles. The van der Waals surface area contributed by atoms with Crippen molar-refractivity contribution in [1.82, 2.24) is 0 Å². The summed E-state index contributed by atoms with van der Waals surface area (Å²) in [5, 5.41) is 0. The molecule has 0 saturated heterocycles. The number of hydrogen-bond acceptors (Lipinski definition) is 1. The van der Waals surface area contributed by atoms with Gasteiger partial charge in [0.1, 0.15) is 0 Å². The van der Waals surface area contributed by atoms with Crippen molar-refractivity contribution in [3.63, 3.8) is 0 Å². The molecule has 104 valence electrons. The summed E-state index contributed by atoms with van der Waals surface area (Å²) in [5.74, 6) is 0. The van der Waals surface area contributed by atoms with Crippen molar-refractivity contribution >= 4 is 16.9 Å². The Kier molecular flexibility index (Phi) is 15.0. The molecule has 0 fully saturated rings. The summed E-state index contributed by atoms with van der Waals surface area (Å²) < 4.78 is 11.7. The zero-order valence-corrected chi connectivity index (χ0v) is 14.3. The van der Waals surface area contributed by atoms with Gasteiger partial charge in [-0.3, -0.25) is 4.21 Å². The van der Waals surface area contributed by atoms with E-state index in [9.17, 15) is 4.21 Å². The van der Waals surface area contributed by atoms with Gasteiger partial charge in [-0.15, -0.1) is 5.65 Å². The van der Waals surface area contributed by atoms with Crippen molar-refractivity contribution < 1.29 is 23.1 Å². The third kappa shape index (κ3) is 9.70. The number of unbranched alkanes of at least 4 members (excludes halogenated alkanes) is 3. The smallest absolute Gasteiger partial charge is 0.263 e. The summed E-state index contributed by atoms with van der Waals surface area (Å²) in [5.41, 5.74) is 0.986. The van der Waals surface area contributed by atoms with Gasteiger partial charge in [-0.1, -0.05) is 59.3 Å². The van der Waals surface area contributed by atoms with Gasteiger partial charge in [0.15, 0.2) is 0 Å². The minimum atomic E-state index is -0.618. The van der Waals surface area contributed by atoms with E-state index >= 15 is 0 Å². The predicted molar refractivity (Wildman–Crippen MR) is 83.8 cm³/mol. The van der Waals surface area contributed by atoms with Crippen molar-refractivity contribution in [2.24, 2.45) is 0 Å². The van der Waals surface area contributed by atoms with Gasteiger partial charge in [-0.05, 0) is 10.8 Å². The maximum absolute atomic E-state index is 11.7. The monoisotopic (exact) mass is 266 g/mol. The Bertz CT molecular complexity index is 190. The first-order valence-corrected chi connectivity index (χ1v) is 9.35. The van der Waals surface area contributed by atoms with Crippen LogP contribution in [0.4, 0.5) is 0 Å². The van der Waals surface area contributed by atoms with Crippen LogP contribution in [0.25, 0.3) is 0 Å². The fourth-order valence-corrected chi connectivity index (χ4v) is 4.59. The quantitative estimate of drug-likeness (QED) is 0.521. The van der Waals surface area contributed by atoms with Crippen LogP contribution >= 0.6 is 0 Å². The first-order chi connectivity index (χ1) is 8.10. The minimum absolute atomic E-state index is 0. The summed E-state index contributed by atoms with van der Waals surface area (Å²) in [7, 11) is -0.618. The molecule has 0 spiro atoms. The van der Waals surface area contributed by atoms with E-state index < -0.39 is 10.8 Å². The standard InChI is InChI=1S/C14H32BOS.Li/c1-5-8-11-15(12-9-6-2,13-10-7-3)14-17(4)16;/h5-14H2,1-4H3;/q-1;+1. The predicted octanol–water partition coefficient (Wildman–Crippen LogP) is 1.76. The second-order valence-electron chi connectivity index (χ2n) is 5.90. The fraction of sp³-hybridized carbons (Fsp3) is 1.00. The van der Waals surface area contributed by atoms with E-state index in [-0.39, 0.29) is 25.0 Å². The van der Waals surface area contributed by atoms with Gasteiger partial charge < -0.3 is 0 Å². The molecule has 0 aliphatic carbocycles. The zero-order chi connectivity index (χ0) is 13.1. The van der Waals surface area contributed by atoms with E-state index in [1.54, 1.807) is 0 Å². The van der Waals surface area contributed by atoms with E-state index in [2.05, 4.69) is 20.8 Å². The Morgan fingerprint density at radius 1 is 0.833 bits per heavy atom. The van der Waals surface area contributed by atoms with E-state index in [0.717, 1.165) is 5.65 Å². The van der Waals surface area contributed by atoms with Crippen LogP contribution in [0.1, 0.15) is 59.3 Å². The summed E-state index contributed by atoms with van der Waals surface area (Å²) >= 11 is 0. The van der Waals surface area contributed by atoms with Gasteiger partial charge in [0, 0.05) is 12.4 Å². The molecule has 18 heavy (non-hydrogen) atoms. The van der Waals surface area contributed by atoms with E-state index in [4.69, 9.17) is 0 Å². The Balaban J connectivity index is 0. The van der Waals surface area contributed by atoms with Crippen molar-refractivity contribution in [1.29, 1.82) is 0 Å². The van der Waals surface area contributed by atoms with Crippen molar-refractivity contribution in [2.45, 2.75) is 78.3 Å². The molecule has 0 N–H and O–H groups in total. The molecule has 0 rings (SSSR count). The summed E-state index contributed by atoms with van der Waals surface area (Å²) in [6.45, 7) is 6.80. The van der Waals surface area contributed by atoms with Gasteiger partial charge in [0.05, 0.1) is 0 Å². The van der Waals surface area contributed by atoms with Crippen LogP contribution in [-0.4, -0.2) is 22.3 Å². The van der Waals surface area contributed by atoms with E-state index in [1.165, 1.54) is 57.5 Å². The molecule has 0 aliphatic rings. The normalized spacial score (nSPS) is 13.1. The van der Waals surface area contributed by atoms with Crippen LogP contribution in [0.3, 0.4) is 0 Å². The van der Waals surface area contributed by atoms with Gasteiger partial charge in [0.25, 0.3) is 0 Å². The molecule has 1 unspecified atom stereocenters. The Labute approximate surface area is 130 Å². The molecular weight excluding hydrogens is 234 g/mol. The second-order valence-corrected chi connectivity index (χ2v) is 7.38. The largest absolute Gasteiger partial charge is 1.00 e. The van der Waals surface area contributed by atoms with Crippen LogP contribution in [-0.2, 0) is 10.8 Å². The van der Waals surface area contributed by atoms with Crippen LogP contribution in [0, 0.1) is 0 Å². The van der Waals surface area contributed by atoms with Crippen LogP contribution in [0.5, 0.6) is 0 Å². The molecule has 0 aliphatic heterocycles. The SMILES string of the molecule is CCCC[B-](CCCC)(CCCC)CS(C)=O.[Li+]. The molecular formula is C14H32BLiOS. The van der Waals surface area contributed by atoms with E-state index in [0.29, 0.717) is 0 Å². The molecule has 0 aromatic rings. The average molecular weight is 266 g/mol. The molecule has 0 aromatic carbocycles. The maximum atomic E-state index is 11.7. The Morgan fingerprint density at radius 2 is 1.17 bits per heavy atom. The van der Waals surface area contributed by atoms with Gasteiger partial charge >= 0.3 is 18.9 Å². The van der Waals surface area contributed by atoms with Crippen LogP contribution < -0.4 is 18.9 Å². The first-order valence-electron chi connectivity index (χ1n) is 7.62. The van der Waals surface area contributed by atoms with Gasteiger partial charge in [-0.2, -0.15) is 19.0 Å². The van der Waals surface area contributed by atoms with Crippen molar-refractivity contribution in [2.75, 3.05) is 11.9 Å². The number of hydrogen-bond donors (Lipinski definition) is 0. The summed E-state index contributed by atoms with van der Waals surface area (Å²) in [6.07, 6.45) is 13.4. The fourth-order valence-electron chi connectivity index (χ4n) is 3.09.